The highest BCUT2D eigenvalue weighted by Gasteiger charge is 2.20. The molecule has 35 heavy (non-hydrogen) atoms. The number of anilines is 2. The van der Waals surface area contributed by atoms with Crippen molar-refractivity contribution in [1.29, 1.82) is 0 Å². The molecular formula is C24H21ClFN5O3S. The van der Waals surface area contributed by atoms with E-state index in [0.717, 1.165) is 0 Å². The maximum atomic E-state index is 14.5. The van der Waals surface area contributed by atoms with E-state index in [2.05, 4.69) is 20.6 Å². The van der Waals surface area contributed by atoms with Crippen LogP contribution in [0.4, 0.5) is 15.2 Å². The number of carbonyl (C=O) groups is 2. The van der Waals surface area contributed by atoms with Crippen LogP contribution in [-0.4, -0.2) is 21.8 Å². The predicted molar refractivity (Wildman–Crippen MR) is 135 cm³/mol. The largest absolute Gasteiger partial charge is 0.439 e. The molecule has 0 atom stereocenters. The first-order valence-electron chi connectivity index (χ1n) is 10.4. The molecular weight excluding hydrogens is 493 g/mol. The Hall–Kier alpha value is -3.60. The van der Waals surface area contributed by atoms with E-state index >= 15 is 0 Å². The fraction of sp³-hybridized carbons (Fsp3) is 0.167. The SMILES string of the molecule is CC(=O)Nc1nc2ccc(Oc3ccc(F)c(NC(=O)c4ccc(Cl)c(C(C)(C)N)c4)c3)nc2s1. The molecule has 4 N–H and O–H groups in total. The molecule has 4 aromatic rings. The average molecular weight is 514 g/mol. The highest BCUT2D eigenvalue weighted by Crippen LogP contribution is 2.31. The standard InChI is InChI=1S/C24H21ClFN5O3S/c1-12(32)28-23-30-18-8-9-20(31-22(18)35-23)34-14-5-7-17(26)19(11-14)29-21(33)13-4-6-16(25)15(10-13)24(2,3)27/h4-11H,27H2,1-3H3,(H,29,33)(H,28,30,32). The fourth-order valence-electron chi connectivity index (χ4n) is 3.20. The van der Waals surface area contributed by atoms with E-state index < -0.39 is 17.3 Å². The van der Waals surface area contributed by atoms with Gasteiger partial charge in [0.2, 0.25) is 11.8 Å². The minimum absolute atomic E-state index is 0.0668. The molecule has 0 radical (unpaired) electrons. The molecule has 0 saturated carbocycles. The van der Waals surface area contributed by atoms with Crippen LogP contribution in [0.3, 0.4) is 0 Å². The van der Waals surface area contributed by atoms with Gasteiger partial charge in [-0.3, -0.25) is 9.59 Å². The Morgan fingerprint density at radius 1 is 1.09 bits per heavy atom. The third-order valence-corrected chi connectivity index (χ3v) is 6.05. The van der Waals surface area contributed by atoms with E-state index in [4.69, 9.17) is 22.1 Å². The van der Waals surface area contributed by atoms with Crippen LogP contribution in [0.1, 0.15) is 36.7 Å². The number of nitrogens with one attached hydrogen (secondary N) is 2. The second-order valence-electron chi connectivity index (χ2n) is 8.29. The number of nitrogens with two attached hydrogens (primary N) is 1. The lowest BCUT2D eigenvalue weighted by Crippen LogP contribution is -2.29. The summed E-state index contributed by atoms with van der Waals surface area (Å²) in [6.07, 6.45) is 0. The van der Waals surface area contributed by atoms with Crippen molar-refractivity contribution in [2.75, 3.05) is 10.6 Å². The topological polar surface area (TPSA) is 119 Å². The number of hydrogen-bond donors (Lipinski definition) is 3. The van der Waals surface area contributed by atoms with Crippen molar-refractivity contribution in [3.8, 4) is 11.6 Å². The van der Waals surface area contributed by atoms with Crippen LogP contribution < -0.4 is 21.1 Å². The number of nitrogens with zero attached hydrogens (tertiary/aromatic N) is 2. The molecule has 2 amide bonds. The summed E-state index contributed by atoms with van der Waals surface area (Å²) in [5.74, 6) is -0.891. The predicted octanol–water partition coefficient (Wildman–Crippen LogP) is 5.68. The summed E-state index contributed by atoms with van der Waals surface area (Å²) < 4.78 is 20.2. The Morgan fingerprint density at radius 2 is 1.86 bits per heavy atom. The molecule has 8 nitrogen and oxygen atoms in total. The molecule has 0 saturated heterocycles. The minimum atomic E-state index is -0.762. The van der Waals surface area contributed by atoms with E-state index in [1.807, 2.05) is 0 Å². The first-order valence-corrected chi connectivity index (χ1v) is 11.6. The van der Waals surface area contributed by atoms with Gasteiger partial charge in [-0.15, -0.1) is 0 Å². The number of hydrogen-bond acceptors (Lipinski definition) is 7. The molecule has 4 rings (SSSR count). The number of ether oxygens (including phenoxy) is 1. The van der Waals surface area contributed by atoms with Gasteiger partial charge in [-0.25, -0.2) is 14.4 Å². The molecule has 0 aliphatic rings. The van der Waals surface area contributed by atoms with Crippen LogP contribution in [0, 0.1) is 5.82 Å². The molecule has 0 aliphatic heterocycles. The molecule has 0 bridgehead atoms. The lowest BCUT2D eigenvalue weighted by Gasteiger charge is -2.21. The van der Waals surface area contributed by atoms with Crippen molar-refractivity contribution >= 4 is 55.9 Å². The summed E-state index contributed by atoms with van der Waals surface area (Å²) in [4.78, 5) is 33.2. The number of carbonyl (C=O) groups excluding carboxylic acids is 2. The lowest BCUT2D eigenvalue weighted by atomic mass is 9.94. The highest BCUT2D eigenvalue weighted by atomic mass is 35.5. The number of aromatic nitrogens is 2. The molecule has 0 unspecified atom stereocenters. The normalized spacial score (nSPS) is 11.4. The van der Waals surface area contributed by atoms with Gasteiger partial charge in [0.1, 0.15) is 21.9 Å². The average Bonchev–Trinajstić information content (AvgIpc) is 3.16. The van der Waals surface area contributed by atoms with Gasteiger partial charge in [-0.2, -0.15) is 0 Å². The highest BCUT2D eigenvalue weighted by molar-refractivity contribution is 7.21. The van der Waals surface area contributed by atoms with Crippen molar-refractivity contribution in [1.82, 2.24) is 9.97 Å². The Bertz CT molecular complexity index is 1450. The number of halogens is 2. The third kappa shape index (κ3) is 5.73. The van der Waals surface area contributed by atoms with Crippen LogP contribution in [0.15, 0.2) is 48.5 Å². The summed E-state index contributed by atoms with van der Waals surface area (Å²) >= 11 is 7.41. The summed E-state index contributed by atoms with van der Waals surface area (Å²) in [7, 11) is 0. The number of rotatable bonds is 6. The van der Waals surface area contributed by atoms with Crippen molar-refractivity contribution in [2.24, 2.45) is 5.73 Å². The summed E-state index contributed by atoms with van der Waals surface area (Å²) in [5.41, 5.74) is 6.77. The van der Waals surface area contributed by atoms with Gasteiger partial charge in [0.15, 0.2) is 5.13 Å². The van der Waals surface area contributed by atoms with Gasteiger partial charge in [-0.1, -0.05) is 22.9 Å². The number of fused-ring (bicyclic) bond motifs is 1. The van der Waals surface area contributed by atoms with E-state index in [9.17, 15) is 14.0 Å². The third-order valence-electron chi connectivity index (χ3n) is 4.84. The molecule has 0 aliphatic carbocycles. The summed E-state index contributed by atoms with van der Waals surface area (Å²) in [5, 5.41) is 6.03. The summed E-state index contributed by atoms with van der Waals surface area (Å²) in [6, 6.07) is 12.0. The zero-order chi connectivity index (χ0) is 25.3. The quantitative estimate of drug-likeness (QED) is 0.305. The van der Waals surface area contributed by atoms with Gasteiger partial charge in [0, 0.05) is 35.2 Å². The van der Waals surface area contributed by atoms with E-state index in [1.165, 1.54) is 42.5 Å². The molecule has 2 aromatic heterocycles. The maximum absolute atomic E-state index is 14.5. The molecule has 0 fully saturated rings. The minimum Gasteiger partial charge on any atom is -0.439 e. The van der Waals surface area contributed by atoms with Crippen molar-refractivity contribution in [3.63, 3.8) is 0 Å². The molecule has 11 heteroatoms. The number of thiazole rings is 1. The van der Waals surface area contributed by atoms with E-state index in [-0.39, 0.29) is 28.8 Å². The van der Waals surface area contributed by atoms with Crippen LogP contribution in [0.2, 0.25) is 5.02 Å². The van der Waals surface area contributed by atoms with Crippen LogP contribution in [-0.2, 0) is 10.3 Å². The van der Waals surface area contributed by atoms with Gasteiger partial charge in [-0.05, 0) is 55.8 Å². The molecule has 180 valence electrons. The number of pyridine rings is 1. The lowest BCUT2D eigenvalue weighted by molar-refractivity contribution is -0.114. The van der Waals surface area contributed by atoms with Gasteiger partial charge < -0.3 is 21.1 Å². The van der Waals surface area contributed by atoms with Crippen LogP contribution in [0.25, 0.3) is 10.3 Å². The number of amides is 2. The van der Waals surface area contributed by atoms with Crippen LogP contribution >= 0.6 is 22.9 Å². The fourth-order valence-corrected chi connectivity index (χ4v) is 4.44. The van der Waals surface area contributed by atoms with Crippen molar-refractivity contribution < 1.29 is 18.7 Å². The van der Waals surface area contributed by atoms with E-state index in [1.54, 1.807) is 38.1 Å². The second-order valence-corrected chi connectivity index (χ2v) is 9.67. The zero-order valence-corrected chi connectivity index (χ0v) is 20.6. The smallest absolute Gasteiger partial charge is 0.255 e. The monoisotopic (exact) mass is 513 g/mol. The van der Waals surface area contributed by atoms with Crippen LogP contribution in [0.5, 0.6) is 11.6 Å². The Kier molecular flexibility index (Phi) is 6.70. The Morgan fingerprint density at radius 3 is 2.57 bits per heavy atom. The first kappa shape index (κ1) is 24.5. The van der Waals surface area contributed by atoms with E-state index in [0.29, 0.717) is 26.1 Å². The van der Waals surface area contributed by atoms with Crippen molar-refractivity contribution in [3.05, 3.63) is 70.5 Å². The first-order chi connectivity index (χ1) is 16.5. The second kappa shape index (κ2) is 9.57. The number of benzene rings is 2. The van der Waals surface area contributed by atoms with Gasteiger partial charge >= 0.3 is 0 Å². The zero-order valence-electron chi connectivity index (χ0n) is 19.0. The molecule has 2 heterocycles. The Balaban J connectivity index is 1.54. The Labute approximate surface area is 209 Å². The summed E-state index contributed by atoms with van der Waals surface area (Å²) in [6.45, 7) is 4.94. The van der Waals surface area contributed by atoms with Crippen molar-refractivity contribution in [2.45, 2.75) is 26.3 Å². The van der Waals surface area contributed by atoms with Gasteiger partial charge in [0.25, 0.3) is 5.91 Å². The molecule has 2 aromatic carbocycles. The molecule has 0 spiro atoms. The van der Waals surface area contributed by atoms with Gasteiger partial charge in [0.05, 0.1) is 5.69 Å². The maximum Gasteiger partial charge on any atom is 0.255 e.